The number of hydrogen-bond donors (Lipinski definition) is 2. The van der Waals surface area contributed by atoms with Gasteiger partial charge in [0.15, 0.2) is 0 Å². The molecule has 0 amide bonds. The van der Waals surface area contributed by atoms with E-state index in [4.69, 9.17) is 0 Å². The molecule has 4 heteroatoms. The minimum Gasteiger partial charge on any atom is -0.314 e. The van der Waals surface area contributed by atoms with E-state index in [-0.39, 0.29) is 5.41 Å². The average molecular weight is 331 g/mol. The van der Waals surface area contributed by atoms with Gasteiger partial charge in [-0.05, 0) is 47.4 Å². The summed E-state index contributed by atoms with van der Waals surface area (Å²) in [5.74, 6) is 0. The third kappa shape index (κ3) is 4.05. The fraction of sp³-hybridized carbons (Fsp3) is 0.714. The van der Waals surface area contributed by atoms with Gasteiger partial charge in [0.25, 0.3) is 0 Å². The van der Waals surface area contributed by atoms with Gasteiger partial charge in [-0.2, -0.15) is 0 Å². The summed E-state index contributed by atoms with van der Waals surface area (Å²) in [6.07, 6.45) is 4.03. The highest BCUT2D eigenvalue weighted by Gasteiger charge is 2.22. The van der Waals surface area contributed by atoms with Crippen molar-refractivity contribution in [2.45, 2.75) is 44.6 Å². The van der Waals surface area contributed by atoms with E-state index in [0.29, 0.717) is 6.04 Å². The summed E-state index contributed by atoms with van der Waals surface area (Å²) in [5.41, 5.74) is 0.214. The Balaban J connectivity index is 1.78. The molecule has 2 heterocycles. The van der Waals surface area contributed by atoms with Gasteiger partial charge in [0.2, 0.25) is 0 Å². The molecule has 0 aromatic carbocycles. The van der Waals surface area contributed by atoms with Crippen molar-refractivity contribution in [1.82, 2.24) is 10.6 Å². The molecule has 1 fully saturated rings. The summed E-state index contributed by atoms with van der Waals surface area (Å²) in [4.78, 5) is 1.44. The van der Waals surface area contributed by atoms with Gasteiger partial charge in [0.05, 0.1) is 3.79 Å². The van der Waals surface area contributed by atoms with Gasteiger partial charge < -0.3 is 10.6 Å². The van der Waals surface area contributed by atoms with Gasteiger partial charge in [-0.15, -0.1) is 11.3 Å². The number of rotatable bonds is 5. The van der Waals surface area contributed by atoms with E-state index in [1.807, 2.05) is 11.3 Å². The number of piperidine rings is 1. The smallest absolute Gasteiger partial charge is 0.0701 e. The third-order valence-corrected chi connectivity index (χ3v) is 5.60. The fourth-order valence-electron chi connectivity index (χ4n) is 2.42. The highest BCUT2D eigenvalue weighted by molar-refractivity contribution is 9.11. The highest BCUT2D eigenvalue weighted by atomic mass is 79.9. The molecule has 0 spiro atoms. The molecule has 1 aliphatic heterocycles. The average Bonchev–Trinajstić information content (AvgIpc) is 2.78. The summed E-state index contributed by atoms with van der Waals surface area (Å²) in [6.45, 7) is 7.95. The molecule has 102 valence electrons. The van der Waals surface area contributed by atoms with Crippen molar-refractivity contribution in [2.24, 2.45) is 0 Å². The predicted molar refractivity (Wildman–Crippen MR) is 83.6 cm³/mol. The maximum Gasteiger partial charge on any atom is 0.0701 e. The van der Waals surface area contributed by atoms with Crippen LogP contribution in [0, 0.1) is 0 Å². The Hall–Kier alpha value is 0.1000. The van der Waals surface area contributed by atoms with Crippen LogP contribution in [0.2, 0.25) is 0 Å². The molecule has 0 saturated carbocycles. The van der Waals surface area contributed by atoms with Crippen molar-refractivity contribution in [3.05, 3.63) is 20.8 Å². The second-order valence-electron chi connectivity index (χ2n) is 5.77. The lowest BCUT2D eigenvalue weighted by atomic mass is 9.91. The van der Waals surface area contributed by atoms with Crippen LogP contribution in [0.4, 0.5) is 0 Å². The van der Waals surface area contributed by atoms with E-state index in [9.17, 15) is 0 Å². The highest BCUT2D eigenvalue weighted by Crippen LogP contribution is 2.32. The van der Waals surface area contributed by atoms with Gasteiger partial charge in [-0.3, -0.25) is 0 Å². The minimum atomic E-state index is 0.214. The summed E-state index contributed by atoms with van der Waals surface area (Å²) >= 11 is 5.39. The van der Waals surface area contributed by atoms with Gasteiger partial charge in [0.1, 0.15) is 0 Å². The van der Waals surface area contributed by atoms with E-state index in [2.05, 4.69) is 52.5 Å². The summed E-state index contributed by atoms with van der Waals surface area (Å²) in [7, 11) is 0. The van der Waals surface area contributed by atoms with E-state index < -0.39 is 0 Å². The molecular weight excluding hydrogens is 308 g/mol. The van der Waals surface area contributed by atoms with Crippen LogP contribution in [-0.4, -0.2) is 25.7 Å². The van der Waals surface area contributed by atoms with Crippen LogP contribution in [0.15, 0.2) is 15.9 Å². The van der Waals surface area contributed by atoms with E-state index in [0.717, 1.165) is 13.1 Å². The Morgan fingerprint density at radius 3 is 2.89 bits per heavy atom. The molecule has 18 heavy (non-hydrogen) atoms. The lowest BCUT2D eigenvalue weighted by Gasteiger charge is -2.28. The number of hydrogen-bond acceptors (Lipinski definition) is 3. The number of nitrogens with one attached hydrogen (secondary N) is 2. The molecule has 2 nitrogen and oxygen atoms in total. The number of halogens is 1. The molecule has 1 saturated heterocycles. The second-order valence-corrected chi connectivity index (χ2v) is 8.23. The summed E-state index contributed by atoms with van der Waals surface area (Å²) in [6, 6.07) is 5.05. The minimum absolute atomic E-state index is 0.214. The maximum absolute atomic E-state index is 3.63. The van der Waals surface area contributed by atoms with Crippen molar-refractivity contribution < 1.29 is 0 Å². The zero-order valence-corrected chi connectivity index (χ0v) is 13.7. The van der Waals surface area contributed by atoms with Crippen LogP contribution in [0.25, 0.3) is 0 Å². The fourth-order valence-corrected chi connectivity index (χ4v) is 3.91. The molecule has 2 rings (SSSR count). The molecule has 1 aromatic heterocycles. The summed E-state index contributed by atoms with van der Waals surface area (Å²) in [5, 5.41) is 7.21. The zero-order chi connectivity index (χ0) is 13.0. The first-order chi connectivity index (χ1) is 8.58. The van der Waals surface area contributed by atoms with Crippen LogP contribution in [0.1, 0.15) is 38.0 Å². The molecule has 1 aliphatic rings. The lowest BCUT2D eigenvalue weighted by molar-refractivity contribution is 0.367. The van der Waals surface area contributed by atoms with Gasteiger partial charge in [-0.25, -0.2) is 0 Å². The largest absolute Gasteiger partial charge is 0.314 e. The SMILES string of the molecule is CC(C)(CNCC1CCCCN1)c1ccc(Br)s1. The molecule has 0 aliphatic carbocycles. The van der Waals surface area contributed by atoms with Crippen molar-refractivity contribution in [2.75, 3.05) is 19.6 Å². The van der Waals surface area contributed by atoms with Crippen LogP contribution in [-0.2, 0) is 5.41 Å². The second kappa shape index (κ2) is 6.51. The van der Waals surface area contributed by atoms with Crippen molar-refractivity contribution in [3.63, 3.8) is 0 Å². The molecule has 2 N–H and O–H groups in total. The van der Waals surface area contributed by atoms with Crippen molar-refractivity contribution >= 4 is 27.3 Å². The van der Waals surface area contributed by atoms with Crippen LogP contribution in [0.3, 0.4) is 0 Å². The maximum atomic E-state index is 3.63. The van der Waals surface area contributed by atoms with Gasteiger partial charge >= 0.3 is 0 Å². The van der Waals surface area contributed by atoms with E-state index in [1.54, 1.807) is 0 Å². The predicted octanol–water partition coefficient (Wildman–Crippen LogP) is 3.52. The molecule has 1 atom stereocenters. The van der Waals surface area contributed by atoms with Crippen LogP contribution < -0.4 is 10.6 Å². The summed E-state index contributed by atoms with van der Waals surface area (Å²) < 4.78 is 1.22. The van der Waals surface area contributed by atoms with Gasteiger partial charge in [-0.1, -0.05) is 20.3 Å². The first-order valence-electron chi connectivity index (χ1n) is 6.78. The molecule has 1 unspecified atom stereocenters. The van der Waals surface area contributed by atoms with Crippen molar-refractivity contribution in [1.29, 1.82) is 0 Å². The van der Waals surface area contributed by atoms with Crippen molar-refractivity contribution in [3.8, 4) is 0 Å². The molecule has 1 aromatic rings. The Labute approximate surface area is 123 Å². The number of thiophene rings is 1. The lowest BCUT2D eigenvalue weighted by Crippen LogP contribution is -2.44. The normalized spacial score (nSPS) is 21.2. The van der Waals surface area contributed by atoms with E-state index >= 15 is 0 Å². The van der Waals surface area contributed by atoms with E-state index in [1.165, 1.54) is 34.5 Å². The molecule has 0 radical (unpaired) electrons. The monoisotopic (exact) mass is 330 g/mol. The zero-order valence-electron chi connectivity index (χ0n) is 11.3. The standard InChI is InChI=1S/C14H23BrN2S/c1-14(2,12-6-7-13(15)18-12)10-16-9-11-5-3-4-8-17-11/h6-7,11,16-17H,3-5,8-10H2,1-2H3. The van der Waals surface area contributed by atoms with Crippen LogP contribution in [0.5, 0.6) is 0 Å². The topological polar surface area (TPSA) is 24.1 Å². The Morgan fingerprint density at radius 2 is 2.28 bits per heavy atom. The third-order valence-electron chi connectivity index (χ3n) is 3.61. The molecular formula is C14H23BrN2S. The van der Waals surface area contributed by atoms with Gasteiger partial charge in [0, 0.05) is 29.4 Å². The Kier molecular flexibility index (Phi) is 5.24. The quantitative estimate of drug-likeness (QED) is 0.863. The first-order valence-corrected chi connectivity index (χ1v) is 8.39. The molecule has 0 bridgehead atoms. The first kappa shape index (κ1) is 14.5. The Morgan fingerprint density at radius 1 is 1.44 bits per heavy atom. The van der Waals surface area contributed by atoms with Crippen LogP contribution >= 0.6 is 27.3 Å². The Bertz CT molecular complexity index is 370.